The zero-order valence-corrected chi connectivity index (χ0v) is 23.8. The highest BCUT2D eigenvalue weighted by atomic mass is 79.9. The third kappa shape index (κ3) is 7.88. The van der Waals surface area contributed by atoms with Crippen molar-refractivity contribution < 1.29 is 23.1 Å². The summed E-state index contributed by atoms with van der Waals surface area (Å²) in [6, 6.07) is 19.0. The first-order valence-corrected chi connectivity index (χ1v) is 13.8. The highest BCUT2D eigenvalue weighted by Crippen LogP contribution is 2.39. The summed E-state index contributed by atoms with van der Waals surface area (Å²) in [7, 11) is 0. The molecular formula is C31H33BrF2N2O3. The standard InChI is InChI=1S/C31H33BrF2N2O3/c1-31(2,3)39-30(38)35-25-16-17-26(27(18-25)19-4-10-22(32)11-5-19)29(37)36-28(20-6-12-23(33)13-7-20)21-8-14-24(34)15-9-21/h4-15,25-28H,16-18H2,1-3H3,(H,35,38)(H,36,37)/t25-,26-,27+/m1/s1. The number of carbonyl (C=O) groups is 2. The number of hydrogen-bond donors (Lipinski definition) is 2. The minimum absolute atomic E-state index is 0.150. The molecule has 3 aromatic carbocycles. The van der Waals surface area contributed by atoms with E-state index in [1.807, 2.05) is 45.0 Å². The molecule has 4 rings (SSSR count). The number of nitrogens with one attached hydrogen (secondary N) is 2. The van der Waals surface area contributed by atoms with E-state index >= 15 is 0 Å². The minimum atomic E-state index is -0.609. The first-order chi connectivity index (χ1) is 18.5. The van der Waals surface area contributed by atoms with Crippen LogP contribution in [0, 0.1) is 17.6 Å². The van der Waals surface area contributed by atoms with E-state index in [2.05, 4.69) is 26.6 Å². The van der Waals surface area contributed by atoms with Crippen LogP contribution in [0.2, 0.25) is 0 Å². The van der Waals surface area contributed by atoms with Crippen LogP contribution in [0.25, 0.3) is 0 Å². The third-order valence-corrected chi connectivity index (χ3v) is 7.43. The molecule has 2 amide bonds. The van der Waals surface area contributed by atoms with E-state index in [-0.39, 0.29) is 35.4 Å². The molecule has 0 spiro atoms. The first-order valence-electron chi connectivity index (χ1n) is 13.0. The van der Waals surface area contributed by atoms with E-state index in [0.29, 0.717) is 30.4 Å². The molecule has 2 N–H and O–H groups in total. The van der Waals surface area contributed by atoms with Gasteiger partial charge in [0.25, 0.3) is 0 Å². The fourth-order valence-electron chi connectivity index (χ4n) is 5.09. The predicted octanol–water partition coefficient (Wildman–Crippen LogP) is 7.41. The maximum absolute atomic E-state index is 13.9. The van der Waals surface area contributed by atoms with Crippen molar-refractivity contribution in [2.75, 3.05) is 0 Å². The number of ether oxygens (including phenoxy) is 1. The van der Waals surface area contributed by atoms with Crippen molar-refractivity contribution in [2.24, 2.45) is 5.92 Å². The molecule has 1 aliphatic rings. The van der Waals surface area contributed by atoms with E-state index in [9.17, 15) is 18.4 Å². The average Bonchev–Trinajstić information content (AvgIpc) is 2.88. The van der Waals surface area contributed by atoms with Crippen molar-refractivity contribution in [1.29, 1.82) is 0 Å². The van der Waals surface area contributed by atoms with Gasteiger partial charge in [-0.3, -0.25) is 4.79 Å². The monoisotopic (exact) mass is 598 g/mol. The number of hydrogen-bond acceptors (Lipinski definition) is 3. The molecule has 0 radical (unpaired) electrons. The van der Waals surface area contributed by atoms with Crippen LogP contribution in [0.15, 0.2) is 77.3 Å². The number of amides is 2. The molecule has 3 aromatic rings. The Morgan fingerprint density at radius 3 is 1.92 bits per heavy atom. The zero-order chi connectivity index (χ0) is 28.2. The lowest BCUT2D eigenvalue weighted by molar-refractivity contribution is -0.127. The molecule has 1 fully saturated rings. The predicted molar refractivity (Wildman–Crippen MR) is 150 cm³/mol. The normalized spacial score (nSPS) is 19.4. The summed E-state index contributed by atoms with van der Waals surface area (Å²) in [6.45, 7) is 5.45. The van der Waals surface area contributed by atoms with E-state index in [0.717, 1.165) is 10.0 Å². The Balaban J connectivity index is 1.58. The van der Waals surface area contributed by atoms with Gasteiger partial charge in [0, 0.05) is 16.4 Å². The van der Waals surface area contributed by atoms with Crippen LogP contribution in [0.4, 0.5) is 13.6 Å². The van der Waals surface area contributed by atoms with Crippen LogP contribution in [0.3, 0.4) is 0 Å². The SMILES string of the molecule is CC(C)(C)OC(=O)N[C@@H]1CC[C@@H](C(=O)NC(c2ccc(F)cc2)c2ccc(F)cc2)[C@H](c2ccc(Br)cc2)C1. The summed E-state index contributed by atoms with van der Waals surface area (Å²) in [5, 5.41) is 6.13. The van der Waals surface area contributed by atoms with Gasteiger partial charge < -0.3 is 15.4 Å². The van der Waals surface area contributed by atoms with E-state index in [4.69, 9.17) is 4.74 Å². The number of rotatable bonds is 6. The van der Waals surface area contributed by atoms with Crippen LogP contribution in [0.5, 0.6) is 0 Å². The molecule has 206 valence electrons. The average molecular weight is 600 g/mol. The molecule has 0 aromatic heterocycles. The lowest BCUT2D eigenvalue weighted by Gasteiger charge is -2.37. The smallest absolute Gasteiger partial charge is 0.407 e. The Bertz CT molecular complexity index is 1230. The van der Waals surface area contributed by atoms with Crippen molar-refractivity contribution in [3.63, 3.8) is 0 Å². The van der Waals surface area contributed by atoms with Gasteiger partial charge in [-0.25, -0.2) is 13.6 Å². The molecule has 0 unspecified atom stereocenters. The maximum Gasteiger partial charge on any atom is 0.407 e. The second-order valence-corrected chi connectivity index (χ2v) is 11.9. The highest BCUT2D eigenvalue weighted by molar-refractivity contribution is 9.10. The molecule has 1 saturated carbocycles. The molecule has 8 heteroatoms. The zero-order valence-electron chi connectivity index (χ0n) is 22.2. The van der Waals surface area contributed by atoms with Crippen molar-refractivity contribution in [1.82, 2.24) is 10.6 Å². The summed E-state index contributed by atoms with van der Waals surface area (Å²) in [5.41, 5.74) is 1.77. The number of carbonyl (C=O) groups excluding carboxylic acids is 2. The van der Waals surface area contributed by atoms with Gasteiger partial charge in [-0.2, -0.15) is 0 Å². The summed E-state index contributed by atoms with van der Waals surface area (Å²) in [5.74, 6) is -1.44. The molecule has 3 atom stereocenters. The van der Waals surface area contributed by atoms with Crippen molar-refractivity contribution >= 4 is 27.9 Å². The van der Waals surface area contributed by atoms with Gasteiger partial charge in [-0.05, 0) is 99.0 Å². The van der Waals surface area contributed by atoms with Gasteiger partial charge >= 0.3 is 6.09 Å². The fraction of sp³-hybridized carbons (Fsp3) is 0.355. The van der Waals surface area contributed by atoms with Gasteiger partial charge in [-0.15, -0.1) is 0 Å². The largest absolute Gasteiger partial charge is 0.444 e. The molecular weight excluding hydrogens is 566 g/mol. The van der Waals surface area contributed by atoms with E-state index in [1.165, 1.54) is 24.3 Å². The molecule has 39 heavy (non-hydrogen) atoms. The minimum Gasteiger partial charge on any atom is -0.444 e. The third-order valence-electron chi connectivity index (χ3n) is 6.90. The summed E-state index contributed by atoms with van der Waals surface area (Å²) in [6.07, 6.45) is 1.25. The van der Waals surface area contributed by atoms with Gasteiger partial charge in [0.05, 0.1) is 6.04 Å². The van der Waals surface area contributed by atoms with Crippen LogP contribution in [-0.2, 0) is 9.53 Å². The lowest BCUT2D eigenvalue weighted by atomic mass is 9.73. The number of alkyl carbamates (subject to hydrolysis) is 1. The molecule has 5 nitrogen and oxygen atoms in total. The molecule has 0 bridgehead atoms. The van der Waals surface area contributed by atoms with Crippen molar-refractivity contribution in [3.05, 3.63) is 106 Å². The molecule has 1 aliphatic carbocycles. The topological polar surface area (TPSA) is 67.4 Å². The molecule has 0 saturated heterocycles. The Morgan fingerprint density at radius 2 is 1.41 bits per heavy atom. The Labute approximate surface area is 236 Å². The maximum atomic E-state index is 13.9. The Hall–Kier alpha value is -3.26. The van der Waals surface area contributed by atoms with Gasteiger partial charge in [0.15, 0.2) is 0 Å². The number of halogens is 3. The second kappa shape index (κ2) is 12.3. The molecule has 0 heterocycles. The van der Waals surface area contributed by atoms with Gasteiger partial charge in [-0.1, -0.05) is 52.3 Å². The summed E-state index contributed by atoms with van der Waals surface area (Å²) >= 11 is 3.47. The van der Waals surface area contributed by atoms with Crippen LogP contribution < -0.4 is 10.6 Å². The van der Waals surface area contributed by atoms with Gasteiger partial charge in [0.2, 0.25) is 5.91 Å². The summed E-state index contributed by atoms with van der Waals surface area (Å²) < 4.78 is 33.7. The Kier molecular flexibility index (Phi) is 9.05. The summed E-state index contributed by atoms with van der Waals surface area (Å²) in [4.78, 5) is 26.3. The lowest BCUT2D eigenvalue weighted by Crippen LogP contribution is -2.46. The van der Waals surface area contributed by atoms with Crippen molar-refractivity contribution in [3.8, 4) is 0 Å². The second-order valence-electron chi connectivity index (χ2n) is 11.0. The van der Waals surface area contributed by atoms with Crippen LogP contribution in [-0.4, -0.2) is 23.6 Å². The van der Waals surface area contributed by atoms with Crippen LogP contribution >= 0.6 is 15.9 Å². The van der Waals surface area contributed by atoms with E-state index in [1.54, 1.807) is 24.3 Å². The Morgan fingerprint density at radius 1 is 0.872 bits per heavy atom. The highest BCUT2D eigenvalue weighted by Gasteiger charge is 2.38. The number of benzene rings is 3. The quantitative estimate of drug-likeness (QED) is 0.310. The van der Waals surface area contributed by atoms with E-state index < -0.39 is 17.7 Å². The van der Waals surface area contributed by atoms with Gasteiger partial charge in [0.1, 0.15) is 17.2 Å². The van der Waals surface area contributed by atoms with Crippen LogP contribution in [0.1, 0.15) is 68.7 Å². The van der Waals surface area contributed by atoms with Crippen molar-refractivity contribution in [2.45, 2.75) is 63.6 Å². The molecule has 0 aliphatic heterocycles. The fourth-order valence-corrected chi connectivity index (χ4v) is 5.35. The first kappa shape index (κ1) is 28.7.